The van der Waals surface area contributed by atoms with E-state index in [4.69, 9.17) is 4.74 Å². The number of allylic oxidation sites excluding steroid dienone is 2. The van der Waals surface area contributed by atoms with Gasteiger partial charge in [0.1, 0.15) is 0 Å². The Bertz CT molecular complexity index is 1120. The molecule has 0 unspecified atom stereocenters. The van der Waals surface area contributed by atoms with Crippen molar-refractivity contribution in [3.05, 3.63) is 101 Å². The van der Waals surface area contributed by atoms with Crippen molar-refractivity contribution in [2.45, 2.75) is 71.1 Å². The Morgan fingerprint density at radius 3 is 2.28 bits per heavy atom. The molecular formula is C33H38F2O. The van der Waals surface area contributed by atoms with E-state index in [9.17, 15) is 8.78 Å². The molecule has 3 heteroatoms. The van der Waals surface area contributed by atoms with Gasteiger partial charge in [-0.2, -0.15) is 4.39 Å². The van der Waals surface area contributed by atoms with Crippen molar-refractivity contribution in [1.82, 2.24) is 0 Å². The molecule has 0 heterocycles. The maximum Gasteiger partial charge on any atom is 0.201 e. The minimum Gasteiger partial charge on any atom is -0.490 e. The summed E-state index contributed by atoms with van der Waals surface area (Å²) >= 11 is 0. The number of hydrogen-bond donors (Lipinski definition) is 0. The van der Waals surface area contributed by atoms with E-state index in [1.807, 2.05) is 31.2 Å². The minimum atomic E-state index is -0.911. The van der Waals surface area contributed by atoms with Crippen LogP contribution in [0.2, 0.25) is 0 Å². The minimum absolute atomic E-state index is 0.0169. The van der Waals surface area contributed by atoms with Crippen molar-refractivity contribution in [3.8, 4) is 16.9 Å². The number of ether oxygens (including phenoxy) is 1. The van der Waals surface area contributed by atoms with Gasteiger partial charge in [-0.05, 0) is 92.5 Å². The fraction of sp³-hybridized carbons (Fsp3) is 0.394. The van der Waals surface area contributed by atoms with Gasteiger partial charge in [-0.25, -0.2) is 4.39 Å². The molecule has 3 aromatic carbocycles. The van der Waals surface area contributed by atoms with E-state index in [2.05, 4.69) is 43.3 Å². The standard InChI is InChI=1S/C33H38F2O/c1-3-4-23-36-31-22-21-30(32(34)33(31)35)29-19-13-26(14-20-29)8-6-5-7-25-11-17-28(18-12-25)27-15-9-24(2)10-16-27/h5,7,9-10,13-16,19-22,25,28H,3-4,6,8,11-12,17-18,23H2,1-2H3/b7-5+. The van der Waals surface area contributed by atoms with Gasteiger partial charge >= 0.3 is 0 Å². The van der Waals surface area contributed by atoms with E-state index >= 15 is 0 Å². The van der Waals surface area contributed by atoms with Crippen LogP contribution in [0.3, 0.4) is 0 Å². The molecule has 1 aliphatic rings. The lowest BCUT2D eigenvalue weighted by Crippen LogP contribution is -2.11. The first-order valence-corrected chi connectivity index (χ1v) is 13.5. The molecule has 4 rings (SSSR count). The van der Waals surface area contributed by atoms with Crippen molar-refractivity contribution in [2.75, 3.05) is 6.61 Å². The van der Waals surface area contributed by atoms with Crippen LogP contribution in [-0.4, -0.2) is 6.61 Å². The Morgan fingerprint density at radius 2 is 1.58 bits per heavy atom. The molecule has 1 nitrogen and oxygen atoms in total. The largest absolute Gasteiger partial charge is 0.490 e. The fourth-order valence-electron chi connectivity index (χ4n) is 5.07. The van der Waals surface area contributed by atoms with Gasteiger partial charge in [-0.1, -0.05) is 79.6 Å². The average Bonchev–Trinajstić information content (AvgIpc) is 2.91. The van der Waals surface area contributed by atoms with Crippen LogP contribution in [0.15, 0.2) is 72.8 Å². The van der Waals surface area contributed by atoms with Gasteiger partial charge in [0.15, 0.2) is 11.6 Å². The quantitative estimate of drug-likeness (QED) is 0.204. The third-order valence-electron chi connectivity index (χ3n) is 7.40. The number of unbranched alkanes of at least 4 members (excludes halogenated alkanes) is 1. The molecule has 1 aliphatic carbocycles. The van der Waals surface area contributed by atoms with Crippen molar-refractivity contribution in [1.29, 1.82) is 0 Å². The lowest BCUT2D eigenvalue weighted by Gasteiger charge is -2.27. The predicted molar refractivity (Wildman–Crippen MR) is 146 cm³/mol. The number of halogens is 2. The van der Waals surface area contributed by atoms with E-state index in [0.717, 1.165) is 25.7 Å². The van der Waals surface area contributed by atoms with E-state index in [-0.39, 0.29) is 11.3 Å². The van der Waals surface area contributed by atoms with Crippen molar-refractivity contribution < 1.29 is 13.5 Å². The first-order chi connectivity index (χ1) is 17.5. The van der Waals surface area contributed by atoms with Crippen molar-refractivity contribution in [3.63, 3.8) is 0 Å². The van der Waals surface area contributed by atoms with E-state index < -0.39 is 11.6 Å². The molecule has 0 amide bonds. The third kappa shape index (κ3) is 6.84. The molecule has 0 spiro atoms. The zero-order chi connectivity index (χ0) is 25.3. The van der Waals surface area contributed by atoms with Crippen LogP contribution >= 0.6 is 0 Å². The topological polar surface area (TPSA) is 9.23 Å². The van der Waals surface area contributed by atoms with Gasteiger partial charge in [0, 0.05) is 5.56 Å². The van der Waals surface area contributed by atoms with E-state index in [0.29, 0.717) is 24.0 Å². The Labute approximate surface area is 215 Å². The normalized spacial score (nSPS) is 18.0. The molecule has 1 saturated carbocycles. The molecular weight excluding hydrogens is 450 g/mol. The second-order valence-electron chi connectivity index (χ2n) is 10.1. The van der Waals surface area contributed by atoms with Crippen molar-refractivity contribution in [2.24, 2.45) is 5.92 Å². The lowest BCUT2D eigenvalue weighted by molar-refractivity contribution is 0.289. The molecule has 36 heavy (non-hydrogen) atoms. The van der Waals surface area contributed by atoms with Gasteiger partial charge in [-0.15, -0.1) is 0 Å². The smallest absolute Gasteiger partial charge is 0.201 e. The van der Waals surface area contributed by atoms with Crippen LogP contribution in [0.1, 0.15) is 74.5 Å². The van der Waals surface area contributed by atoms with Crippen LogP contribution < -0.4 is 4.74 Å². The monoisotopic (exact) mass is 488 g/mol. The van der Waals surface area contributed by atoms with E-state index in [1.54, 1.807) is 6.07 Å². The SMILES string of the molecule is CCCCOc1ccc(-c2ccc(CC/C=C/C3CCC(c4ccc(C)cc4)CC3)cc2)c(F)c1F. The Morgan fingerprint density at radius 1 is 0.861 bits per heavy atom. The summed E-state index contributed by atoms with van der Waals surface area (Å²) in [6, 6.07) is 19.9. The van der Waals surface area contributed by atoms with E-state index in [1.165, 1.54) is 48.4 Å². The summed E-state index contributed by atoms with van der Waals surface area (Å²) in [4.78, 5) is 0. The molecule has 1 fully saturated rings. The van der Waals surface area contributed by atoms with Crippen molar-refractivity contribution >= 4 is 0 Å². The highest BCUT2D eigenvalue weighted by Crippen LogP contribution is 2.36. The fourth-order valence-corrected chi connectivity index (χ4v) is 5.07. The number of aryl methyl sites for hydroxylation is 2. The summed E-state index contributed by atoms with van der Waals surface area (Å²) in [5.74, 6) is -0.392. The summed E-state index contributed by atoms with van der Waals surface area (Å²) in [5.41, 5.74) is 4.96. The second kappa shape index (κ2) is 12.9. The molecule has 0 saturated heterocycles. The van der Waals surface area contributed by atoms with Gasteiger partial charge in [0.2, 0.25) is 5.82 Å². The summed E-state index contributed by atoms with van der Waals surface area (Å²) in [6.07, 6.45) is 13.5. The number of hydrogen-bond acceptors (Lipinski definition) is 1. The lowest BCUT2D eigenvalue weighted by atomic mass is 9.78. The van der Waals surface area contributed by atoms with Crippen LogP contribution in [0.5, 0.6) is 5.75 Å². The number of benzene rings is 3. The second-order valence-corrected chi connectivity index (χ2v) is 10.1. The Balaban J connectivity index is 1.25. The van der Waals surface area contributed by atoms with Gasteiger partial charge < -0.3 is 4.74 Å². The highest BCUT2D eigenvalue weighted by molar-refractivity contribution is 5.65. The third-order valence-corrected chi connectivity index (χ3v) is 7.40. The zero-order valence-electron chi connectivity index (χ0n) is 21.6. The van der Waals surface area contributed by atoms with Gasteiger partial charge in [-0.3, -0.25) is 0 Å². The van der Waals surface area contributed by atoms with Crippen LogP contribution in [-0.2, 0) is 6.42 Å². The molecule has 0 aliphatic heterocycles. The Kier molecular flexibility index (Phi) is 9.33. The molecule has 0 bridgehead atoms. The summed E-state index contributed by atoms with van der Waals surface area (Å²) in [5, 5.41) is 0. The van der Waals surface area contributed by atoms with Crippen LogP contribution in [0.4, 0.5) is 8.78 Å². The first kappa shape index (κ1) is 26.1. The summed E-state index contributed by atoms with van der Waals surface area (Å²) in [7, 11) is 0. The highest BCUT2D eigenvalue weighted by Gasteiger charge is 2.20. The zero-order valence-corrected chi connectivity index (χ0v) is 21.6. The molecule has 0 atom stereocenters. The van der Waals surface area contributed by atoms with Crippen LogP contribution in [0, 0.1) is 24.5 Å². The highest BCUT2D eigenvalue weighted by atomic mass is 19.2. The predicted octanol–water partition coefficient (Wildman–Crippen LogP) is 9.58. The number of rotatable bonds is 10. The maximum atomic E-state index is 14.7. The molecule has 0 N–H and O–H groups in total. The summed E-state index contributed by atoms with van der Waals surface area (Å²) in [6.45, 7) is 4.57. The molecule has 0 aromatic heterocycles. The van der Waals surface area contributed by atoms with Gasteiger partial charge in [0.05, 0.1) is 6.61 Å². The average molecular weight is 489 g/mol. The first-order valence-electron chi connectivity index (χ1n) is 13.5. The van der Waals surface area contributed by atoms with Gasteiger partial charge in [0.25, 0.3) is 0 Å². The molecule has 0 radical (unpaired) electrons. The Hall–Kier alpha value is -2.94. The molecule has 3 aromatic rings. The summed E-state index contributed by atoms with van der Waals surface area (Å²) < 4.78 is 34.5. The maximum absolute atomic E-state index is 14.7. The van der Waals surface area contributed by atoms with Crippen LogP contribution in [0.25, 0.3) is 11.1 Å². The molecule has 190 valence electrons.